The smallest absolute Gasteiger partial charge is 0.240 e. The van der Waals surface area contributed by atoms with Crippen molar-refractivity contribution >= 4 is 35.3 Å². The van der Waals surface area contributed by atoms with E-state index in [1.807, 2.05) is 0 Å². The molecule has 0 aliphatic rings. The number of benzene rings is 1. The molecule has 0 unspecified atom stereocenters. The summed E-state index contributed by atoms with van der Waals surface area (Å²) in [4.78, 5) is 11.4. The van der Waals surface area contributed by atoms with E-state index in [0.29, 0.717) is 16.5 Å². The van der Waals surface area contributed by atoms with Gasteiger partial charge in [0.15, 0.2) is 0 Å². The van der Waals surface area contributed by atoms with E-state index in [-0.39, 0.29) is 5.91 Å². The maximum absolute atomic E-state index is 11.4. The first-order chi connectivity index (χ1) is 8.63. The average Bonchev–Trinajstić information content (AvgIpc) is 2.34. The summed E-state index contributed by atoms with van der Waals surface area (Å²) in [6, 6.07) is 5.16. The van der Waals surface area contributed by atoms with Gasteiger partial charge in [-0.1, -0.05) is 49.0 Å². The first-order valence-electron chi connectivity index (χ1n) is 5.90. The van der Waals surface area contributed by atoms with E-state index in [1.165, 1.54) is 0 Å². The maximum Gasteiger partial charge on any atom is 0.240 e. The number of hydrogen-bond acceptors (Lipinski definition) is 2. The Balaban J connectivity index is 2.40. The van der Waals surface area contributed by atoms with Gasteiger partial charge in [-0.25, -0.2) is 5.43 Å². The predicted octanol–water partition coefficient (Wildman–Crippen LogP) is 4.02. The summed E-state index contributed by atoms with van der Waals surface area (Å²) in [6.07, 6.45) is 5.10. The standard InChI is InChI=1S/C13H16Cl2N2O/c1-2-3-4-5-13(18)17-16-9-10-6-7-11(14)12(15)8-10/h6-9H,2-5H2,1H3,(H,17,18). The summed E-state index contributed by atoms with van der Waals surface area (Å²) in [7, 11) is 0. The molecule has 1 aromatic carbocycles. The third-order valence-electron chi connectivity index (χ3n) is 2.35. The third kappa shape index (κ3) is 5.52. The topological polar surface area (TPSA) is 41.5 Å². The van der Waals surface area contributed by atoms with E-state index in [9.17, 15) is 4.79 Å². The summed E-state index contributed by atoms with van der Waals surface area (Å²) in [5.41, 5.74) is 3.27. The Morgan fingerprint density at radius 2 is 2.11 bits per heavy atom. The van der Waals surface area contributed by atoms with Crippen LogP contribution >= 0.6 is 23.2 Å². The number of nitrogens with one attached hydrogen (secondary N) is 1. The van der Waals surface area contributed by atoms with Crippen molar-refractivity contribution in [3.8, 4) is 0 Å². The normalized spacial score (nSPS) is 10.8. The number of unbranched alkanes of at least 4 members (excludes halogenated alkanes) is 2. The molecule has 0 radical (unpaired) electrons. The minimum absolute atomic E-state index is 0.0697. The Morgan fingerprint density at radius 3 is 2.78 bits per heavy atom. The molecule has 98 valence electrons. The molecule has 0 atom stereocenters. The van der Waals surface area contributed by atoms with Crippen LogP contribution in [-0.2, 0) is 4.79 Å². The Morgan fingerprint density at radius 1 is 1.33 bits per heavy atom. The van der Waals surface area contributed by atoms with Gasteiger partial charge in [-0.15, -0.1) is 0 Å². The summed E-state index contributed by atoms with van der Waals surface area (Å²) in [5.74, 6) is -0.0697. The summed E-state index contributed by atoms with van der Waals surface area (Å²) >= 11 is 11.6. The second kappa shape index (κ2) is 8.11. The molecule has 0 saturated carbocycles. The van der Waals surface area contributed by atoms with Crippen LogP contribution in [0.25, 0.3) is 0 Å². The van der Waals surface area contributed by atoms with Crippen LogP contribution in [-0.4, -0.2) is 12.1 Å². The number of hydrogen-bond donors (Lipinski definition) is 1. The summed E-state index contributed by atoms with van der Waals surface area (Å²) < 4.78 is 0. The van der Waals surface area contributed by atoms with Crippen LogP contribution in [0.1, 0.15) is 38.2 Å². The number of carbonyl (C=O) groups excluding carboxylic acids is 1. The molecule has 0 saturated heterocycles. The van der Waals surface area contributed by atoms with E-state index >= 15 is 0 Å². The third-order valence-corrected chi connectivity index (χ3v) is 3.09. The van der Waals surface area contributed by atoms with Crippen molar-refractivity contribution in [2.24, 2.45) is 5.10 Å². The Labute approximate surface area is 117 Å². The lowest BCUT2D eigenvalue weighted by Crippen LogP contribution is -2.16. The Bertz CT molecular complexity index is 433. The van der Waals surface area contributed by atoms with E-state index in [1.54, 1.807) is 24.4 Å². The van der Waals surface area contributed by atoms with Gasteiger partial charge >= 0.3 is 0 Å². The molecule has 1 amide bonds. The van der Waals surface area contributed by atoms with Crippen LogP contribution in [0.3, 0.4) is 0 Å². The largest absolute Gasteiger partial charge is 0.273 e. The second-order valence-electron chi connectivity index (χ2n) is 3.92. The highest BCUT2D eigenvalue weighted by atomic mass is 35.5. The van der Waals surface area contributed by atoms with E-state index in [0.717, 1.165) is 24.8 Å². The van der Waals surface area contributed by atoms with Crippen molar-refractivity contribution in [2.75, 3.05) is 0 Å². The molecule has 3 nitrogen and oxygen atoms in total. The SMILES string of the molecule is CCCCCC(=O)NN=Cc1ccc(Cl)c(Cl)c1. The molecule has 0 bridgehead atoms. The molecule has 0 heterocycles. The van der Waals surface area contributed by atoms with Gasteiger partial charge in [0.05, 0.1) is 16.3 Å². The fourth-order valence-corrected chi connectivity index (χ4v) is 1.67. The van der Waals surface area contributed by atoms with Crippen molar-refractivity contribution in [1.29, 1.82) is 0 Å². The Kier molecular flexibility index (Phi) is 6.76. The maximum atomic E-state index is 11.4. The first-order valence-corrected chi connectivity index (χ1v) is 6.66. The van der Waals surface area contributed by atoms with Crippen molar-refractivity contribution in [2.45, 2.75) is 32.6 Å². The molecule has 18 heavy (non-hydrogen) atoms. The lowest BCUT2D eigenvalue weighted by molar-refractivity contribution is -0.121. The molecule has 5 heteroatoms. The number of amides is 1. The molecule has 0 aliphatic heterocycles. The van der Waals surface area contributed by atoms with Crippen molar-refractivity contribution in [1.82, 2.24) is 5.43 Å². The Hall–Kier alpha value is -1.06. The fourth-order valence-electron chi connectivity index (χ4n) is 1.36. The van der Waals surface area contributed by atoms with Gasteiger partial charge < -0.3 is 0 Å². The van der Waals surface area contributed by atoms with Crippen LogP contribution < -0.4 is 5.43 Å². The zero-order valence-electron chi connectivity index (χ0n) is 10.2. The highest BCUT2D eigenvalue weighted by Crippen LogP contribution is 2.21. The lowest BCUT2D eigenvalue weighted by atomic mass is 10.2. The fraction of sp³-hybridized carbons (Fsp3) is 0.385. The predicted molar refractivity (Wildman–Crippen MR) is 76.3 cm³/mol. The number of halogens is 2. The second-order valence-corrected chi connectivity index (χ2v) is 4.74. The van der Waals surface area contributed by atoms with Gasteiger partial charge in [-0.3, -0.25) is 4.79 Å². The van der Waals surface area contributed by atoms with E-state index in [2.05, 4.69) is 17.5 Å². The minimum atomic E-state index is -0.0697. The molecular weight excluding hydrogens is 271 g/mol. The molecule has 0 spiro atoms. The molecule has 0 aliphatic carbocycles. The molecular formula is C13H16Cl2N2O. The number of hydrazone groups is 1. The van der Waals surface area contributed by atoms with Crippen LogP contribution in [0, 0.1) is 0 Å². The van der Waals surface area contributed by atoms with Gasteiger partial charge in [0, 0.05) is 6.42 Å². The lowest BCUT2D eigenvalue weighted by Gasteiger charge is -1.99. The zero-order valence-corrected chi connectivity index (χ0v) is 11.8. The quantitative estimate of drug-likeness (QED) is 0.479. The summed E-state index contributed by atoms with van der Waals surface area (Å²) in [6.45, 7) is 2.10. The van der Waals surface area contributed by atoms with Crippen LogP contribution in [0.2, 0.25) is 10.0 Å². The van der Waals surface area contributed by atoms with Crippen molar-refractivity contribution in [3.63, 3.8) is 0 Å². The van der Waals surface area contributed by atoms with Gasteiger partial charge in [0.25, 0.3) is 0 Å². The van der Waals surface area contributed by atoms with Crippen molar-refractivity contribution in [3.05, 3.63) is 33.8 Å². The highest BCUT2D eigenvalue weighted by Gasteiger charge is 1.99. The van der Waals surface area contributed by atoms with Gasteiger partial charge in [0.1, 0.15) is 0 Å². The van der Waals surface area contributed by atoms with Crippen molar-refractivity contribution < 1.29 is 4.79 Å². The minimum Gasteiger partial charge on any atom is -0.273 e. The zero-order chi connectivity index (χ0) is 13.4. The molecule has 0 aromatic heterocycles. The summed E-state index contributed by atoms with van der Waals surface area (Å²) in [5, 5.41) is 4.83. The van der Waals surface area contributed by atoms with E-state index < -0.39 is 0 Å². The van der Waals surface area contributed by atoms with Crippen LogP contribution in [0.15, 0.2) is 23.3 Å². The number of rotatable bonds is 6. The highest BCUT2D eigenvalue weighted by molar-refractivity contribution is 6.42. The first kappa shape index (κ1) is 15.0. The number of nitrogens with zero attached hydrogens (tertiary/aromatic N) is 1. The average molecular weight is 287 g/mol. The van der Waals surface area contributed by atoms with Gasteiger partial charge in [-0.2, -0.15) is 5.10 Å². The molecule has 0 fully saturated rings. The van der Waals surface area contributed by atoms with E-state index in [4.69, 9.17) is 23.2 Å². The molecule has 1 aromatic rings. The molecule has 1 rings (SSSR count). The van der Waals surface area contributed by atoms with Crippen LogP contribution in [0.4, 0.5) is 0 Å². The monoisotopic (exact) mass is 286 g/mol. The molecule has 1 N–H and O–H groups in total. The number of carbonyl (C=O) groups is 1. The van der Waals surface area contributed by atoms with Crippen LogP contribution in [0.5, 0.6) is 0 Å². The van der Waals surface area contributed by atoms with Gasteiger partial charge in [-0.05, 0) is 24.1 Å². The van der Waals surface area contributed by atoms with Gasteiger partial charge in [0.2, 0.25) is 5.91 Å².